The molecule has 1 fully saturated rings. The third-order valence-electron chi connectivity index (χ3n) is 1.74. The van der Waals surface area contributed by atoms with Crippen LogP contribution >= 0.6 is 0 Å². The van der Waals surface area contributed by atoms with E-state index in [1.165, 1.54) is 0 Å². The zero-order valence-electron chi connectivity index (χ0n) is 5.90. The first-order valence-electron chi connectivity index (χ1n) is 3.45. The summed E-state index contributed by atoms with van der Waals surface area (Å²) in [6.07, 6.45) is -4.06. The van der Waals surface area contributed by atoms with Gasteiger partial charge in [-0.2, -0.15) is 13.2 Å². The Morgan fingerprint density at radius 3 is 2.45 bits per heavy atom. The summed E-state index contributed by atoms with van der Waals surface area (Å²) >= 11 is 0. The normalized spacial score (nSPS) is 28.9. The van der Waals surface area contributed by atoms with Gasteiger partial charge in [-0.1, -0.05) is 0 Å². The van der Waals surface area contributed by atoms with Crippen LogP contribution in [-0.4, -0.2) is 24.9 Å². The van der Waals surface area contributed by atoms with Crippen molar-refractivity contribution in [1.82, 2.24) is 0 Å². The molecule has 0 bridgehead atoms. The average molecular weight is 169 g/mol. The Hall–Kier alpha value is -0.290. The highest BCUT2D eigenvalue weighted by molar-refractivity contribution is 4.82. The van der Waals surface area contributed by atoms with Crippen LogP contribution in [0, 0.1) is 0 Å². The van der Waals surface area contributed by atoms with Crippen LogP contribution < -0.4 is 5.73 Å². The molecule has 2 unspecified atom stereocenters. The molecule has 0 aromatic carbocycles. The van der Waals surface area contributed by atoms with Gasteiger partial charge in [-0.15, -0.1) is 0 Å². The molecule has 0 aromatic heterocycles. The van der Waals surface area contributed by atoms with Gasteiger partial charge in [0.25, 0.3) is 0 Å². The fraction of sp³-hybridized carbons (Fsp3) is 1.00. The number of rotatable bonds is 1. The molecule has 5 heteroatoms. The molecule has 11 heavy (non-hydrogen) atoms. The SMILES string of the molecule is NC(C1CCCO1)C(F)(F)F. The van der Waals surface area contributed by atoms with Crippen molar-refractivity contribution >= 4 is 0 Å². The summed E-state index contributed by atoms with van der Waals surface area (Å²) in [7, 11) is 0. The second kappa shape index (κ2) is 2.98. The van der Waals surface area contributed by atoms with E-state index in [0.717, 1.165) is 0 Å². The third kappa shape index (κ3) is 2.07. The molecule has 0 radical (unpaired) electrons. The summed E-state index contributed by atoms with van der Waals surface area (Å²) in [6.45, 7) is 0.397. The molecule has 2 atom stereocenters. The van der Waals surface area contributed by atoms with E-state index in [2.05, 4.69) is 0 Å². The Balaban J connectivity index is 2.46. The van der Waals surface area contributed by atoms with Gasteiger partial charge in [0, 0.05) is 6.61 Å². The van der Waals surface area contributed by atoms with E-state index in [-0.39, 0.29) is 0 Å². The Morgan fingerprint density at radius 1 is 1.45 bits per heavy atom. The molecule has 1 heterocycles. The molecule has 1 saturated heterocycles. The van der Waals surface area contributed by atoms with Crippen molar-refractivity contribution in [3.63, 3.8) is 0 Å². The van der Waals surface area contributed by atoms with Crippen molar-refractivity contribution in [3.8, 4) is 0 Å². The van der Waals surface area contributed by atoms with E-state index >= 15 is 0 Å². The van der Waals surface area contributed by atoms with E-state index in [4.69, 9.17) is 10.5 Å². The molecule has 0 amide bonds. The second-order valence-corrected chi connectivity index (χ2v) is 2.62. The Bertz CT molecular complexity index is 130. The Kier molecular flexibility index (Phi) is 2.39. The fourth-order valence-electron chi connectivity index (χ4n) is 1.10. The van der Waals surface area contributed by atoms with Gasteiger partial charge >= 0.3 is 6.18 Å². The van der Waals surface area contributed by atoms with Crippen LogP contribution in [0.3, 0.4) is 0 Å². The predicted molar refractivity (Wildman–Crippen MR) is 33.0 cm³/mol. The summed E-state index contributed by atoms with van der Waals surface area (Å²) < 4.78 is 40.5. The molecule has 2 N–H and O–H groups in total. The van der Waals surface area contributed by atoms with Gasteiger partial charge in [0.1, 0.15) is 6.04 Å². The van der Waals surface area contributed by atoms with Gasteiger partial charge in [0.15, 0.2) is 0 Å². The van der Waals surface area contributed by atoms with Gasteiger partial charge < -0.3 is 10.5 Å². The van der Waals surface area contributed by atoms with E-state index in [1.807, 2.05) is 0 Å². The Labute approximate surface area is 62.5 Å². The molecular weight excluding hydrogens is 159 g/mol. The van der Waals surface area contributed by atoms with E-state index in [1.54, 1.807) is 0 Å². The number of nitrogens with two attached hydrogens (primary N) is 1. The lowest BCUT2D eigenvalue weighted by molar-refractivity contribution is -0.170. The summed E-state index contributed by atoms with van der Waals surface area (Å²) in [5.74, 6) is 0. The number of hydrogen-bond acceptors (Lipinski definition) is 2. The zero-order valence-corrected chi connectivity index (χ0v) is 5.90. The van der Waals surface area contributed by atoms with Crippen LogP contribution in [0.5, 0.6) is 0 Å². The lowest BCUT2D eigenvalue weighted by Crippen LogP contribution is -2.46. The van der Waals surface area contributed by atoms with Crippen LogP contribution in [0.15, 0.2) is 0 Å². The van der Waals surface area contributed by atoms with Crippen LogP contribution in [0.1, 0.15) is 12.8 Å². The summed E-state index contributed by atoms with van der Waals surface area (Å²) in [6, 6.07) is -1.81. The maximum atomic E-state index is 11.9. The maximum absolute atomic E-state index is 11.9. The van der Waals surface area contributed by atoms with Gasteiger partial charge in [0.2, 0.25) is 0 Å². The van der Waals surface area contributed by atoms with Crippen LogP contribution in [-0.2, 0) is 4.74 Å². The van der Waals surface area contributed by atoms with Crippen LogP contribution in [0.2, 0.25) is 0 Å². The lowest BCUT2D eigenvalue weighted by Gasteiger charge is -2.20. The lowest BCUT2D eigenvalue weighted by atomic mass is 10.1. The second-order valence-electron chi connectivity index (χ2n) is 2.62. The summed E-state index contributed by atoms with van der Waals surface area (Å²) in [4.78, 5) is 0. The minimum Gasteiger partial charge on any atom is -0.376 e. The molecule has 0 spiro atoms. The Morgan fingerprint density at radius 2 is 2.09 bits per heavy atom. The molecule has 1 rings (SSSR count). The van der Waals surface area contributed by atoms with Crippen molar-refractivity contribution in [2.24, 2.45) is 5.73 Å². The number of ether oxygens (including phenoxy) is 1. The standard InChI is InChI=1S/C6H10F3NO/c7-6(8,9)5(10)4-2-1-3-11-4/h4-5H,1-3,10H2. The van der Waals surface area contributed by atoms with Gasteiger partial charge in [-0.3, -0.25) is 0 Å². The van der Waals surface area contributed by atoms with Crippen LogP contribution in [0.25, 0.3) is 0 Å². The highest BCUT2D eigenvalue weighted by Crippen LogP contribution is 2.26. The number of halogens is 3. The molecule has 1 aliphatic rings. The highest BCUT2D eigenvalue weighted by atomic mass is 19.4. The molecular formula is C6H10F3NO. The van der Waals surface area contributed by atoms with E-state index in [9.17, 15) is 13.2 Å². The maximum Gasteiger partial charge on any atom is 0.406 e. The highest BCUT2D eigenvalue weighted by Gasteiger charge is 2.43. The van der Waals surface area contributed by atoms with Gasteiger partial charge in [-0.25, -0.2) is 0 Å². The first-order valence-corrected chi connectivity index (χ1v) is 3.45. The van der Waals surface area contributed by atoms with Gasteiger partial charge in [-0.05, 0) is 12.8 Å². The zero-order chi connectivity index (χ0) is 8.48. The molecule has 0 aromatic rings. The minimum absolute atomic E-state index is 0.397. The van der Waals surface area contributed by atoms with Crippen LogP contribution in [0.4, 0.5) is 13.2 Å². The topological polar surface area (TPSA) is 35.2 Å². The molecule has 0 saturated carbocycles. The summed E-state index contributed by atoms with van der Waals surface area (Å²) in [5.41, 5.74) is 4.91. The first kappa shape index (κ1) is 8.80. The summed E-state index contributed by atoms with van der Waals surface area (Å²) in [5, 5.41) is 0. The van der Waals surface area contributed by atoms with Crippen molar-refractivity contribution < 1.29 is 17.9 Å². The van der Waals surface area contributed by atoms with Crippen molar-refractivity contribution in [2.75, 3.05) is 6.61 Å². The monoisotopic (exact) mass is 169 g/mol. The van der Waals surface area contributed by atoms with Crippen molar-refractivity contribution in [2.45, 2.75) is 31.2 Å². The molecule has 66 valence electrons. The quantitative estimate of drug-likeness (QED) is 0.636. The third-order valence-corrected chi connectivity index (χ3v) is 1.74. The van der Waals surface area contributed by atoms with E-state index < -0.39 is 18.3 Å². The fourth-order valence-corrected chi connectivity index (χ4v) is 1.10. The molecule has 2 nitrogen and oxygen atoms in total. The van der Waals surface area contributed by atoms with Crippen molar-refractivity contribution in [1.29, 1.82) is 0 Å². The number of hydrogen-bond donors (Lipinski definition) is 1. The molecule has 0 aliphatic carbocycles. The smallest absolute Gasteiger partial charge is 0.376 e. The van der Waals surface area contributed by atoms with Gasteiger partial charge in [0.05, 0.1) is 6.10 Å². The largest absolute Gasteiger partial charge is 0.406 e. The number of alkyl halides is 3. The van der Waals surface area contributed by atoms with E-state index in [0.29, 0.717) is 19.4 Å². The molecule has 1 aliphatic heterocycles. The average Bonchev–Trinajstić information content (AvgIpc) is 2.34. The predicted octanol–water partition coefficient (Wildman–Crippen LogP) is 1.06. The van der Waals surface area contributed by atoms with Crippen molar-refractivity contribution in [3.05, 3.63) is 0 Å². The first-order chi connectivity index (χ1) is 5.02. The minimum atomic E-state index is -4.32.